The summed E-state index contributed by atoms with van der Waals surface area (Å²) in [5.74, 6) is -0.475. The molecule has 3 aliphatic carbocycles. The van der Waals surface area contributed by atoms with Crippen LogP contribution in [-0.2, 0) is 9.59 Å². The zero-order valence-corrected chi connectivity index (χ0v) is 15.0. The number of rotatable bonds is 1. The first kappa shape index (κ1) is 16.5. The second-order valence-corrected chi connectivity index (χ2v) is 8.78. The van der Waals surface area contributed by atoms with Crippen LogP contribution in [0.4, 0.5) is 0 Å². The lowest BCUT2D eigenvalue weighted by atomic mass is 9.49. The van der Waals surface area contributed by atoms with E-state index in [1.165, 1.54) is 0 Å². The van der Waals surface area contributed by atoms with Crippen LogP contribution in [-0.4, -0.2) is 16.7 Å². The fraction of sp³-hybridized carbons (Fsp3) is 0.700. The number of carbonyl (C=O) groups excluding carboxylic acids is 2. The van der Waals surface area contributed by atoms with E-state index >= 15 is 0 Å². The smallest absolute Gasteiger partial charge is 0.233 e. The Balaban J connectivity index is 2.21. The fourth-order valence-electron chi connectivity index (χ4n) is 5.56. The number of carbonyl (C=O) groups is 2. The molecule has 1 saturated carbocycles. The molecule has 0 amide bonds. The molecule has 0 spiro atoms. The van der Waals surface area contributed by atoms with E-state index in [1.807, 2.05) is 13.8 Å². The van der Waals surface area contributed by atoms with Crippen molar-refractivity contribution in [1.82, 2.24) is 0 Å². The first-order valence-corrected chi connectivity index (χ1v) is 8.87. The third-order valence-electron chi connectivity index (χ3n) is 6.58. The van der Waals surface area contributed by atoms with Crippen LogP contribution < -0.4 is 0 Å². The number of aliphatic hydroxyl groups is 1. The first-order chi connectivity index (χ1) is 10.6. The molecule has 0 saturated heterocycles. The molecule has 3 rings (SSSR count). The lowest BCUT2D eigenvalue weighted by molar-refractivity contribution is -0.134. The molecule has 0 aliphatic heterocycles. The van der Waals surface area contributed by atoms with Gasteiger partial charge in [-0.25, -0.2) is 0 Å². The van der Waals surface area contributed by atoms with E-state index in [9.17, 15) is 14.7 Å². The van der Waals surface area contributed by atoms with Crippen molar-refractivity contribution >= 4 is 11.6 Å². The van der Waals surface area contributed by atoms with E-state index < -0.39 is 5.78 Å². The van der Waals surface area contributed by atoms with Crippen LogP contribution >= 0.6 is 0 Å². The summed E-state index contributed by atoms with van der Waals surface area (Å²) in [4.78, 5) is 25.5. The Bertz CT molecular complexity index is 648. The maximum Gasteiger partial charge on any atom is 0.233 e. The molecule has 3 aliphatic rings. The average Bonchev–Trinajstić information content (AvgIpc) is 2.43. The van der Waals surface area contributed by atoms with Crippen molar-refractivity contribution < 1.29 is 14.7 Å². The van der Waals surface area contributed by atoms with E-state index in [0.29, 0.717) is 23.5 Å². The van der Waals surface area contributed by atoms with Gasteiger partial charge in [-0.3, -0.25) is 9.59 Å². The third-order valence-corrected chi connectivity index (χ3v) is 6.58. The van der Waals surface area contributed by atoms with Crippen molar-refractivity contribution in [2.45, 2.75) is 66.7 Å². The van der Waals surface area contributed by atoms with Gasteiger partial charge in [0.05, 0.1) is 0 Å². The minimum Gasteiger partial charge on any atom is -0.507 e. The molecule has 3 nitrogen and oxygen atoms in total. The van der Waals surface area contributed by atoms with E-state index in [2.05, 4.69) is 20.8 Å². The summed E-state index contributed by atoms with van der Waals surface area (Å²) in [7, 11) is 0. The summed E-state index contributed by atoms with van der Waals surface area (Å²) in [6, 6.07) is 0. The number of ketones is 2. The second kappa shape index (κ2) is 5.06. The molecule has 0 aromatic rings. The predicted molar refractivity (Wildman–Crippen MR) is 90.0 cm³/mol. The van der Waals surface area contributed by atoms with Crippen molar-refractivity contribution in [2.75, 3.05) is 0 Å². The average molecular weight is 316 g/mol. The Morgan fingerprint density at radius 1 is 1.09 bits per heavy atom. The molecule has 0 radical (unpaired) electrons. The van der Waals surface area contributed by atoms with Gasteiger partial charge in [-0.2, -0.15) is 0 Å². The number of aliphatic hydroxyl groups excluding tert-OH is 1. The van der Waals surface area contributed by atoms with Crippen LogP contribution in [0.2, 0.25) is 0 Å². The monoisotopic (exact) mass is 316 g/mol. The predicted octanol–water partition coefficient (Wildman–Crippen LogP) is 4.53. The molecule has 3 heteroatoms. The summed E-state index contributed by atoms with van der Waals surface area (Å²) >= 11 is 0. The summed E-state index contributed by atoms with van der Waals surface area (Å²) in [5.41, 5.74) is 1.60. The van der Waals surface area contributed by atoms with Crippen LogP contribution in [0.15, 0.2) is 22.5 Å². The van der Waals surface area contributed by atoms with Crippen molar-refractivity contribution in [3.63, 3.8) is 0 Å². The standard InChI is InChI=1S/C20H28O3/c1-11(2)14-16(21)12-7-8-13-19(3,4)9-6-10-20(13,5)15(12)18(23)17(14)22/h11,13,21H,6-10H2,1-5H3. The quantitative estimate of drug-likeness (QED) is 0.571. The Labute approximate surface area is 138 Å². The third kappa shape index (κ3) is 2.15. The van der Waals surface area contributed by atoms with Gasteiger partial charge in [-0.05, 0) is 42.9 Å². The normalized spacial score (nSPS) is 33.9. The Kier molecular flexibility index (Phi) is 3.62. The van der Waals surface area contributed by atoms with Gasteiger partial charge in [0, 0.05) is 22.1 Å². The number of hydrogen-bond donors (Lipinski definition) is 1. The van der Waals surface area contributed by atoms with Gasteiger partial charge in [0.15, 0.2) is 0 Å². The zero-order valence-electron chi connectivity index (χ0n) is 15.0. The van der Waals surface area contributed by atoms with Crippen LogP contribution in [0.3, 0.4) is 0 Å². The largest absolute Gasteiger partial charge is 0.507 e. The summed E-state index contributed by atoms with van der Waals surface area (Å²) < 4.78 is 0. The van der Waals surface area contributed by atoms with Gasteiger partial charge in [-0.15, -0.1) is 0 Å². The second-order valence-electron chi connectivity index (χ2n) is 8.78. The molecule has 0 heterocycles. The highest BCUT2D eigenvalue weighted by atomic mass is 16.3. The minimum atomic E-state index is -0.485. The zero-order chi connectivity index (χ0) is 17.2. The van der Waals surface area contributed by atoms with Gasteiger partial charge < -0.3 is 5.11 Å². The maximum absolute atomic E-state index is 12.9. The highest BCUT2D eigenvalue weighted by Crippen LogP contribution is 2.61. The lowest BCUT2D eigenvalue weighted by Gasteiger charge is -2.55. The molecule has 23 heavy (non-hydrogen) atoms. The lowest BCUT2D eigenvalue weighted by Crippen LogP contribution is -2.49. The molecule has 0 aromatic heterocycles. The van der Waals surface area contributed by atoms with E-state index in [4.69, 9.17) is 0 Å². The Hall–Kier alpha value is -1.38. The van der Waals surface area contributed by atoms with Gasteiger partial charge >= 0.3 is 0 Å². The summed E-state index contributed by atoms with van der Waals surface area (Å²) in [6.07, 6.45) is 4.86. The van der Waals surface area contributed by atoms with Crippen LogP contribution in [0.25, 0.3) is 0 Å². The van der Waals surface area contributed by atoms with Crippen LogP contribution in [0.5, 0.6) is 0 Å². The number of Topliss-reactive ketones (excluding diaryl/α,β-unsaturated/α-hetero) is 2. The molecule has 1 N–H and O–H groups in total. The molecule has 0 aromatic carbocycles. The van der Waals surface area contributed by atoms with Gasteiger partial charge in [0.25, 0.3) is 0 Å². The molecule has 1 fully saturated rings. The van der Waals surface area contributed by atoms with Gasteiger partial charge in [0.1, 0.15) is 5.76 Å². The van der Waals surface area contributed by atoms with Gasteiger partial charge in [-0.1, -0.05) is 41.0 Å². The summed E-state index contributed by atoms with van der Waals surface area (Å²) in [6.45, 7) is 10.4. The highest BCUT2D eigenvalue weighted by molar-refractivity contribution is 6.50. The van der Waals surface area contributed by atoms with E-state index in [1.54, 1.807) is 0 Å². The van der Waals surface area contributed by atoms with Crippen LogP contribution in [0.1, 0.15) is 66.7 Å². The summed E-state index contributed by atoms with van der Waals surface area (Å²) in [5, 5.41) is 10.7. The molecular weight excluding hydrogens is 288 g/mol. The van der Waals surface area contributed by atoms with E-state index in [-0.39, 0.29) is 28.3 Å². The van der Waals surface area contributed by atoms with Gasteiger partial charge in [0.2, 0.25) is 11.6 Å². The first-order valence-electron chi connectivity index (χ1n) is 8.87. The molecule has 126 valence electrons. The van der Waals surface area contributed by atoms with Crippen molar-refractivity contribution in [2.24, 2.45) is 22.7 Å². The number of hydrogen-bond acceptors (Lipinski definition) is 3. The molecule has 0 bridgehead atoms. The van der Waals surface area contributed by atoms with Crippen molar-refractivity contribution in [3.05, 3.63) is 22.5 Å². The van der Waals surface area contributed by atoms with E-state index in [0.717, 1.165) is 31.3 Å². The maximum atomic E-state index is 12.9. The number of allylic oxidation sites excluding steroid dienone is 3. The molecular formula is C20H28O3. The fourth-order valence-corrected chi connectivity index (χ4v) is 5.56. The Morgan fingerprint density at radius 2 is 1.74 bits per heavy atom. The van der Waals surface area contributed by atoms with Crippen LogP contribution in [0, 0.1) is 22.7 Å². The Morgan fingerprint density at radius 3 is 2.35 bits per heavy atom. The SMILES string of the molecule is CC(C)C1=C(O)C2=C(C(=O)C1=O)C1(C)CCCC(C)(C)C1CC2. The number of fused-ring (bicyclic) bond motifs is 2. The van der Waals surface area contributed by atoms with Crippen molar-refractivity contribution in [3.8, 4) is 0 Å². The molecule has 2 unspecified atom stereocenters. The highest BCUT2D eigenvalue weighted by Gasteiger charge is 2.55. The van der Waals surface area contributed by atoms with Crippen molar-refractivity contribution in [1.29, 1.82) is 0 Å². The topological polar surface area (TPSA) is 54.4 Å². The molecule has 2 atom stereocenters. The minimum absolute atomic E-state index is 0.0997.